The van der Waals surface area contributed by atoms with Crippen molar-refractivity contribution in [1.82, 2.24) is 14.3 Å². The zero-order valence-electron chi connectivity index (χ0n) is 20.3. The topological polar surface area (TPSA) is 131 Å². The van der Waals surface area contributed by atoms with E-state index < -0.39 is 41.5 Å². The van der Waals surface area contributed by atoms with Crippen LogP contribution in [-0.2, 0) is 14.3 Å². The maximum atomic E-state index is 13.0. The average molecular weight is 544 g/mol. The van der Waals surface area contributed by atoms with Gasteiger partial charge in [0, 0.05) is 17.2 Å². The smallest absolute Gasteiger partial charge is 0.477 e. The minimum Gasteiger partial charge on any atom is -0.477 e. The van der Waals surface area contributed by atoms with Crippen LogP contribution in [0.3, 0.4) is 0 Å². The van der Waals surface area contributed by atoms with Gasteiger partial charge in [-0.1, -0.05) is 25.1 Å². The number of carboxylic acid groups (broad SMARTS) is 1. The van der Waals surface area contributed by atoms with Crippen molar-refractivity contribution in [2.75, 3.05) is 12.9 Å². The van der Waals surface area contributed by atoms with E-state index in [9.17, 15) is 24.6 Å². The third kappa shape index (κ3) is 4.09. The van der Waals surface area contributed by atoms with E-state index >= 15 is 0 Å². The van der Waals surface area contributed by atoms with Gasteiger partial charge in [0.2, 0.25) is 5.91 Å². The summed E-state index contributed by atoms with van der Waals surface area (Å²) in [6, 6.07) is 7.90. The predicted molar refractivity (Wildman–Crippen MR) is 136 cm³/mol. The van der Waals surface area contributed by atoms with Crippen molar-refractivity contribution in [2.45, 2.75) is 37.4 Å². The number of amides is 1. The molecular formula is C25H25N3O7S2. The molecule has 2 aromatic heterocycles. The number of thioether (sulfide) groups is 1. The highest BCUT2D eigenvalue weighted by molar-refractivity contribution is 7.98. The van der Waals surface area contributed by atoms with Gasteiger partial charge in [-0.15, -0.1) is 23.1 Å². The van der Waals surface area contributed by atoms with E-state index in [4.69, 9.17) is 9.47 Å². The van der Waals surface area contributed by atoms with E-state index in [1.807, 2.05) is 23.8 Å². The number of para-hydroxylation sites is 1. The number of rotatable bonds is 8. The first-order valence-corrected chi connectivity index (χ1v) is 13.6. The molecule has 2 aliphatic heterocycles. The molecule has 4 heterocycles. The number of hydrogen-bond donors (Lipinski definition) is 2. The monoisotopic (exact) mass is 543 g/mol. The summed E-state index contributed by atoms with van der Waals surface area (Å²) in [6.45, 7) is 3.30. The van der Waals surface area contributed by atoms with Crippen LogP contribution < -0.4 is 4.74 Å². The third-order valence-electron chi connectivity index (χ3n) is 6.97. The van der Waals surface area contributed by atoms with Crippen molar-refractivity contribution in [2.24, 2.45) is 11.3 Å². The predicted octanol–water partition coefficient (Wildman–Crippen LogP) is 3.75. The largest absolute Gasteiger partial charge is 0.513 e. The number of nitrogens with zero attached hydrogens (tertiary/aromatic N) is 3. The quantitative estimate of drug-likeness (QED) is 0.189. The molecule has 1 fully saturated rings. The highest BCUT2D eigenvalue weighted by atomic mass is 32.2. The van der Waals surface area contributed by atoms with Crippen molar-refractivity contribution in [3.63, 3.8) is 0 Å². The lowest BCUT2D eigenvalue weighted by atomic mass is 9.66. The highest BCUT2D eigenvalue weighted by Crippen LogP contribution is 2.60. The highest BCUT2D eigenvalue weighted by Gasteiger charge is 2.66. The first kappa shape index (κ1) is 25.3. The van der Waals surface area contributed by atoms with Gasteiger partial charge in [0.15, 0.2) is 0 Å². The summed E-state index contributed by atoms with van der Waals surface area (Å²) in [5.74, 6) is -2.10. The van der Waals surface area contributed by atoms with Gasteiger partial charge < -0.3 is 24.6 Å². The van der Waals surface area contributed by atoms with Crippen molar-refractivity contribution < 1.29 is 34.1 Å². The molecule has 5 rings (SSSR count). The molecule has 0 bridgehead atoms. The van der Waals surface area contributed by atoms with Crippen LogP contribution >= 0.6 is 23.1 Å². The molecule has 1 unspecified atom stereocenters. The van der Waals surface area contributed by atoms with Gasteiger partial charge in [0.1, 0.15) is 27.6 Å². The number of aliphatic carboxylic acids is 1. The van der Waals surface area contributed by atoms with E-state index in [0.717, 1.165) is 9.86 Å². The molecule has 3 aromatic rings. The molecule has 0 aliphatic carbocycles. The van der Waals surface area contributed by atoms with Gasteiger partial charge in [-0.05, 0) is 31.7 Å². The summed E-state index contributed by atoms with van der Waals surface area (Å²) in [5, 5.41) is 21.4. The first-order chi connectivity index (χ1) is 17.7. The lowest BCUT2D eigenvalue weighted by molar-refractivity contribution is -0.167. The Labute approximate surface area is 220 Å². The Balaban J connectivity index is 1.50. The molecule has 37 heavy (non-hydrogen) atoms. The Hall–Kier alpha value is -3.35. The molecular weight excluding hydrogens is 518 g/mol. The van der Waals surface area contributed by atoms with E-state index in [1.165, 1.54) is 34.9 Å². The fraction of sp³-hybridized carbons (Fsp3) is 0.360. The van der Waals surface area contributed by atoms with Gasteiger partial charge >= 0.3 is 12.1 Å². The molecule has 12 heteroatoms. The van der Waals surface area contributed by atoms with Crippen LogP contribution in [0.4, 0.5) is 4.79 Å². The van der Waals surface area contributed by atoms with Crippen LogP contribution in [0, 0.1) is 11.3 Å². The molecule has 4 atom stereocenters. The molecule has 1 amide bonds. The number of hydrogen-bond acceptors (Lipinski definition) is 9. The summed E-state index contributed by atoms with van der Waals surface area (Å²) in [7, 11) is 0. The number of carboxylic acids is 1. The van der Waals surface area contributed by atoms with Crippen LogP contribution in [0.1, 0.15) is 25.1 Å². The van der Waals surface area contributed by atoms with Crippen LogP contribution in [-0.4, -0.2) is 67.5 Å². The van der Waals surface area contributed by atoms with Gasteiger partial charge in [-0.3, -0.25) is 9.20 Å². The molecule has 0 radical (unpaired) electrons. The van der Waals surface area contributed by atoms with Gasteiger partial charge in [-0.25, -0.2) is 14.6 Å². The van der Waals surface area contributed by atoms with Gasteiger partial charge in [0.25, 0.3) is 0 Å². The molecule has 0 spiro atoms. The number of aromatic nitrogens is 2. The van der Waals surface area contributed by atoms with Crippen molar-refractivity contribution in [3.8, 4) is 5.75 Å². The number of benzene rings is 1. The van der Waals surface area contributed by atoms with Crippen LogP contribution in [0.2, 0.25) is 0 Å². The standard InChI is InChI=1S/C25H25N3O7S2/c1-13(29)16-19-25(2,9-10-34-24(33)35-14-7-5-4-6-8-14)17(18(23(31)32)28(19)21(16)30)15-11-27-12-26-20(36-3)22(27)37-15/h4-8,11-13,16,19,29H,9-10H2,1-3H3,(H,31,32)/t13?,16-,19-,25+/m1/s1. The van der Waals surface area contributed by atoms with Crippen molar-refractivity contribution in [3.05, 3.63) is 53.4 Å². The summed E-state index contributed by atoms with van der Waals surface area (Å²) in [6.07, 6.45) is 3.73. The Morgan fingerprint density at radius 2 is 2.03 bits per heavy atom. The minimum absolute atomic E-state index is 0.0779. The molecule has 10 nitrogen and oxygen atoms in total. The maximum absolute atomic E-state index is 13.0. The summed E-state index contributed by atoms with van der Waals surface area (Å²) in [4.78, 5) is 45.0. The fourth-order valence-corrected chi connectivity index (χ4v) is 7.29. The van der Waals surface area contributed by atoms with Crippen LogP contribution in [0.15, 0.2) is 53.6 Å². The number of thiazole rings is 1. The van der Waals surface area contributed by atoms with Gasteiger partial charge in [0.05, 0.1) is 29.5 Å². The lowest BCUT2D eigenvalue weighted by Crippen LogP contribution is -2.66. The second-order valence-corrected chi connectivity index (χ2v) is 11.0. The molecule has 2 aliphatic rings. The van der Waals surface area contributed by atoms with Gasteiger partial charge in [-0.2, -0.15) is 0 Å². The SMILES string of the molecule is CSc1ncn2cc(C3=C(C(=O)O)N4C(=O)[C@H](C(C)O)[C@@H]4[C@@]3(C)CCOC(=O)Oc3ccccc3)sc12. The summed E-state index contributed by atoms with van der Waals surface area (Å²) < 4.78 is 12.4. The normalized spacial score (nSPS) is 23.7. The minimum atomic E-state index is -1.23. The fourth-order valence-electron chi connectivity index (χ4n) is 5.33. The van der Waals surface area contributed by atoms with E-state index in [-0.39, 0.29) is 18.7 Å². The number of aliphatic hydroxyl groups is 1. The first-order valence-electron chi connectivity index (χ1n) is 11.6. The second-order valence-electron chi connectivity index (χ2n) is 9.19. The number of carbonyl (C=O) groups excluding carboxylic acids is 2. The number of aliphatic hydroxyl groups excluding tert-OH is 1. The Kier molecular flexibility index (Phi) is 6.50. The summed E-state index contributed by atoms with van der Waals surface area (Å²) >= 11 is 2.87. The Bertz CT molecular complexity index is 1410. The molecule has 194 valence electrons. The van der Waals surface area contributed by atoms with E-state index in [1.54, 1.807) is 36.7 Å². The Morgan fingerprint density at radius 3 is 2.68 bits per heavy atom. The average Bonchev–Trinajstić information content (AvgIpc) is 3.48. The number of fused-ring (bicyclic) bond motifs is 2. The van der Waals surface area contributed by atoms with Crippen molar-refractivity contribution in [1.29, 1.82) is 0 Å². The number of carbonyl (C=O) groups is 3. The number of ether oxygens (including phenoxy) is 2. The van der Waals surface area contributed by atoms with Crippen LogP contribution in [0.5, 0.6) is 5.75 Å². The van der Waals surface area contributed by atoms with Crippen LogP contribution in [0.25, 0.3) is 10.4 Å². The van der Waals surface area contributed by atoms with E-state index in [0.29, 0.717) is 16.2 Å². The van der Waals surface area contributed by atoms with E-state index in [2.05, 4.69) is 4.98 Å². The third-order valence-corrected chi connectivity index (χ3v) is 8.91. The molecule has 0 saturated carbocycles. The number of imidazole rings is 1. The molecule has 1 aromatic carbocycles. The summed E-state index contributed by atoms with van der Waals surface area (Å²) in [5.41, 5.74) is -0.557. The zero-order chi connectivity index (χ0) is 26.5. The Morgan fingerprint density at radius 1 is 1.30 bits per heavy atom. The van der Waals surface area contributed by atoms with Crippen molar-refractivity contribution >= 4 is 51.5 Å². The second kappa shape index (κ2) is 9.51. The molecule has 1 saturated heterocycles. The lowest BCUT2D eigenvalue weighted by Gasteiger charge is -2.50. The zero-order valence-corrected chi connectivity index (χ0v) is 21.9. The molecule has 2 N–H and O–H groups in total. The maximum Gasteiger partial charge on any atom is 0.513 e. The number of β-lactam (4-membered cyclic amide) rings is 1.